The second-order valence-electron chi connectivity index (χ2n) is 6.86. The first-order chi connectivity index (χ1) is 14.0. The monoisotopic (exact) mass is 410 g/mol. The highest BCUT2D eigenvalue weighted by atomic mass is 32.1. The van der Waals surface area contributed by atoms with Gasteiger partial charge in [-0.15, -0.1) is 11.3 Å². The summed E-state index contributed by atoms with van der Waals surface area (Å²) in [7, 11) is 0. The lowest BCUT2D eigenvalue weighted by molar-refractivity contribution is -0.150. The average Bonchev–Trinajstić information content (AvgIpc) is 3.25. The number of rotatable bonds is 7. The summed E-state index contributed by atoms with van der Waals surface area (Å²) in [6.45, 7) is 3.17. The number of esters is 1. The van der Waals surface area contributed by atoms with Crippen LogP contribution in [0.15, 0.2) is 60.0 Å². The molecule has 2 amide bonds. The van der Waals surface area contributed by atoms with Crippen molar-refractivity contribution in [2.24, 2.45) is 5.92 Å². The van der Waals surface area contributed by atoms with Crippen molar-refractivity contribution in [3.05, 3.63) is 64.9 Å². The number of carbonyl (C=O) groups is 3. The van der Waals surface area contributed by atoms with Crippen LogP contribution in [0.5, 0.6) is 0 Å². The van der Waals surface area contributed by atoms with Crippen molar-refractivity contribution in [3.8, 4) is 0 Å². The van der Waals surface area contributed by atoms with Crippen LogP contribution in [-0.4, -0.2) is 30.4 Å². The number of anilines is 1. The minimum absolute atomic E-state index is 0.187. The maximum absolute atomic E-state index is 12.4. The van der Waals surface area contributed by atoms with Crippen LogP contribution in [0.2, 0.25) is 0 Å². The molecule has 0 aliphatic heterocycles. The summed E-state index contributed by atoms with van der Waals surface area (Å²) in [4.78, 5) is 37.5. The number of nitrogens with one attached hydrogen (secondary N) is 2. The van der Waals surface area contributed by atoms with Gasteiger partial charge in [0.25, 0.3) is 11.8 Å². The van der Waals surface area contributed by atoms with Crippen LogP contribution in [0.4, 0.5) is 5.69 Å². The van der Waals surface area contributed by atoms with Crippen LogP contribution in [0, 0.1) is 5.92 Å². The number of ether oxygens (including phenoxy) is 1. The van der Waals surface area contributed by atoms with Crippen molar-refractivity contribution in [3.63, 3.8) is 0 Å². The van der Waals surface area contributed by atoms with E-state index in [2.05, 4.69) is 10.6 Å². The molecule has 1 heterocycles. The maximum atomic E-state index is 12.4. The quantitative estimate of drug-likeness (QED) is 0.580. The molecule has 2 aromatic carbocycles. The number of hydrogen-bond acceptors (Lipinski definition) is 5. The summed E-state index contributed by atoms with van der Waals surface area (Å²) in [6, 6.07) is 15.9. The first-order valence-electron chi connectivity index (χ1n) is 9.24. The molecule has 0 spiro atoms. The van der Waals surface area contributed by atoms with Crippen LogP contribution in [0.25, 0.3) is 10.8 Å². The smallest absolute Gasteiger partial charge is 0.329 e. The predicted octanol–water partition coefficient (Wildman–Crippen LogP) is 3.84. The van der Waals surface area contributed by atoms with Gasteiger partial charge in [0.05, 0.1) is 4.88 Å². The molecule has 150 valence electrons. The zero-order valence-corrected chi connectivity index (χ0v) is 17.0. The Morgan fingerprint density at radius 1 is 1.00 bits per heavy atom. The van der Waals surface area contributed by atoms with E-state index in [1.807, 2.05) is 36.4 Å². The highest BCUT2D eigenvalue weighted by molar-refractivity contribution is 7.12. The summed E-state index contributed by atoms with van der Waals surface area (Å²) >= 11 is 1.29. The van der Waals surface area contributed by atoms with Crippen LogP contribution < -0.4 is 10.6 Å². The maximum Gasteiger partial charge on any atom is 0.329 e. The van der Waals surface area contributed by atoms with Crippen LogP contribution in [-0.2, 0) is 14.3 Å². The first-order valence-corrected chi connectivity index (χ1v) is 10.1. The van der Waals surface area contributed by atoms with E-state index >= 15 is 0 Å². The summed E-state index contributed by atoms with van der Waals surface area (Å²) in [6.07, 6.45) is 0. The van der Waals surface area contributed by atoms with E-state index in [1.54, 1.807) is 37.4 Å². The number of benzene rings is 2. The normalized spacial score (nSPS) is 11.8. The van der Waals surface area contributed by atoms with Gasteiger partial charge in [-0.25, -0.2) is 4.79 Å². The molecule has 0 fully saturated rings. The van der Waals surface area contributed by atoms with Gasteiger partial charge in [-0.2, -0.15) is 0 Å². The van der Waals surface area contributed by atoms with Gasteiger partial charge >= 0.3 is 5.97 Å². The Bertz CT molecular complexity index is 1010. The summed E-state index contributed by atoms with van der Waals surface area (Å²) in [5.74, 6) is -1.61. The van der Waals surface area contributed by atoms with Crippen LogP contribution in [0.1, 0.15) is 23.5 Å². The van der Waals surface area contributed by atoms with Crippen molar-refractivity contribution in [2.45, 2.75) is 19.9 Å². The lowest BCUT2D eigenvalue weighted by atomic mass is 10.0. The molecule has 2 N–H and O–H groups in total. The highest BCUT2D eigenvalue weighted by Gasteiger charge is 2.27. The van der Waals surface area contributed by atoms with Gasteiger partial charge in [-0.05, 0) is 28.8 Å². The Hall–Kier alpha value is -3.19. The summed E-state index contributed by atoms with van der Waals surface area (Å²) < 4.78 is 5.17. The van der Waals surface area contributed by atoms with Gasteiger partial charge in [0, 0.05) is 11.1 Å². The standard InChI is InChI=1S/C22H22N2O4S/c1-14(2)20(24-21(26)18-11-6-12-29-18)22(27)28-13-19(25)23-17-10-5-8-15-7-3-4-9-16(15)17/h3-12,14,20H,13H2,1-2H3,(H,23,25)(H,24,26)/t20-/m1/s1. The molecule has 0 radical (unpaired) electrons. The van der Waals surface area contributed by atoms with Crippen molar-refractivity contribution in [1.29, 1.82) is 0 Å². The van der Waals surface area contributed by atoms with Gasteiger partial charge < -0.3 is 15.4 Å². The number of thiophene rings is 1. The van der Waals surface area contributed by atoms with Crippen molar-refractivity contribution < 1.29 is 19.1 Å². The SMILES string of the molecule is CC(C)[C@@H](NC(=O)c1cccs1)C(=O)OCC(=O)Nc1cccc2ccccc12. The average molecular weight is 410 g/mol. The fourth-order valence-electron chi connectivity index (χ4n) is 2.87. The lowest BCUT2D eigenvalue weighted by Gasteiger charge is -2.20. The number of carbonyl (C=O) groups excluding carboxylic acids is 3. The van der Waals surface area contributed by atoms with Gasteiger partial charge in [0.2, 0.25) is 0 Å². The third kappa shape index (κ3) is 5.20. The fraction of sp³-hybridized carbons (Fsp3) is 0.227. The molecule has 0 saturated carbocycles. The molecule has 3 rings (SSSR count). The molecule has 0 unspecified atom stereocenters. The minimum Gasteiger partial charge on any atom is -0.454 e. The number of fused-ring (bicyclic) bond motifs is 1. The van der Waals surface area contributed by atoms with E-state index in [-0.39, 0.29) is 11.8 Å². The first kappa shape index (κ1) is 20.5. The van der Waals surface area contributed by atoms with Gasteiger partial charge in [-0.1, -0.05) is 56.3 Å². The summed E-state index contributed by atoms with van der Waals surface area (Å²) in [5.41, 5.74) is 0.649. The number of amides is 2. The molecule has 29 heavy (non-hydrogen) atoms. The van der Waals surface area contributed by atoms with E-state index in [1.165, 1.54) is 11.3 Å². The van der Waals surface area contributed by atoms with Crippen molar-refractivity contribution in [1.82, 2.24) is 5.32 Å². The Kier molecular flexibility index (Phi) is 6.61. The fourth-order valence-corrected chi connectivity index (χ4v) is 3.49. The molecule has 0 aliphatic rings. The Morgan fingerprint density at radius 3 is 2.48 bits per heavy atom. The highest BCUT2D eigenvalue weighted by Crippen LogP contribution is 2.22. The van der Waals surface area contributed by atoms with E-state index in [0.29, 0.717) is 10.6 Å². The molecule has 0 aliphatic carbocycles. The second-order valence-corrected chi connectivity index (χ2v) is 7.80. The van der Waals surface area contributed by atoms with Crippen molar-refractivity contribution >= 4 is 45.6 Å². The van der Waals surface area contributed by atoms with E-state index < -0.39 is 24.5 Å². The van der Waals surface area contributed by atoms with Gasteiger partial charge in [-0.3, -0.25) is 9.59 Å². The molecule has 3 aromatic rings. The Labute approximate surface area is 172 Å². The molecule has 6 nitrogen and oxygen atoms in total. The molecular formula is C22H22N2O4S. The molecular weight excluding hydrogens is 388 g/mol. The van der Waals surface area contributed by atoms with E-state index in [0.717, 1.165) is 10.8 Å². The Balaban J connectivity index is 1.59. The van der Waals surface area contributed by atoms with E-state index in [9.17, 15) is 14.4 Å². The third-order valence-electron chi connectivity index (χ3n) is 4.36. The zero-order valence-electron chi connectivity index (χ0n) is 16.2. The van der Waals surface area contributed by atoms with Gasteiger partial charge in [0.15, 0.2) is 6.61 Å². The second kappa shape index (κ2) is 9.34. The lowest BCUT2D eigenvalue weighted by Crippen LogP contribution is -2.45. The van der Waals surface area contributed by atoms with E-state index in [4.69, 9.17) is 4.74 Å². The molecule has 1 aromatic heterocycles. The largest absolute Gasteiger partial charge is 0.454 e. The Morgan fingerprint density at radius 2 is 1.76 bits per heavy atom. The molecule has 7 heteroatoms. The molecule has 0 saturated heterocycles. The molecule has 0 bridgehead atoms. The van der Waals surface area contributed by atoms with Crippen LogP contribution >= 0.6 is 11.3 Å². The topological polar surface area (TPSA) is 84.5 Å². The van der Waals surface area contributed by atoms with Crippen molar-refractivity contribution in [2.75, 3.05) is 11.9 Å². The third-order valence-corrected chi connectivity index (χ3v) is 5.23. The minimum atomic E-state index is -0.838. The predicted molar refractivity (Wildman–Crippen MR) is 114 cm³/mol. The molecule has 1 atom stereocenters. The van der Waals surface area contributed by atoms with Gasteiger partial charge in [0.1, 0.15) is 6.04 Å². The zero-order chi connectivity index (χ0) is 20.8. The summed E-state index contributed by atoms with van der Waals surface area (Å²) in [5, 5.41) is 9.14. The van der Waals surface area contributed by atoms with Crippen LogP contribution in [0.3, 0.4) is 0 Å². The number of hydrogen-bond donors (Lipinski definition) is 2.